The summed E-state index contributed by atoms with van der Waals surface area (Å²) >= 11 is 0. The van der Waals surface area contributed by atoms with Gasteiger partial charge in [-0.1, -0.05) is 60.7 Å². The maximum atomic E-state index is 13.2. The molecule has 140 valence electrons. The highest BCUT2D eigenvalue weighted by atomic mass is 16.2. The van der Waals surface area contributed by atoms with Crippen molar-refractivity contribution in [2.75, 3.05) is 0 Å². The standard InChI is InChI=1S/C23H27N3O/c1-18(14-15-20-10-6-4-7-11-20)26(17-21-12-8-5-9-13-21)23(27)22-16-19(2)25(3)24-22/h4-13,16,18H,14-15,17H2,1-3H3/t18-/m0/s1. The predicted molar refractivity (Wildman–Crippen MR) is 108 cm³/mol. The van der Waals surface area contributed by atoms with Gasteiger partial charge >= 0.3 is 0 Å². The highest BCUT2D eigenvalue weighted by Gasteiger charge is 2.24. The molecule has 0 N–H and O–H groups in total. The van der Waals surface area contributed by atoms with E-state index in [1.807, 2.05) is 49.2 Å². The smallest absolute Gasteiger partial charge is 0.274 e. The van der Waals surface area contributed by atoms with Crippen LogP contribution in [0.4, 0.5) is 0 Å². The van der Waals surface area contributed by atoms with Crippen LogP contribution in [0.2, 0.25) is 0 Å². The molecule has 0 saturated carbocycles. The molecule has 0 fully saturated rings. The average molecular weight is 361 g/mol. The Kier molecular flexibility index (Phi) is 6.07. The second kappa shape index (κ2) is 8.67. The molecule has 0 unspecified atom stereocenters. The lowest BCUT2D eigenvalue weighted by Gasteiger charge is -2.29. The Morgan fingerprint density at radius 2 is 1.63 bits per heavy atom. The van der Waals surface area contributed by atoms with Gasteiger partial charge in [-0.15, -0.1) is 0 Å². The third kappa shape index (κ3) is 4.85. The number of aryl methyl sites for hydroxylation is 3. The van der Waals surface area contributed by atoms with Gasteiger partial charge in [-0.3, -0.25) is 9.48 Å². The minimum Gasteiger partial charge on any atom is -0.330 e. The van der Waals surface area contributed by atoms with Gasteiger partial charge in [0.25, 0.3) is 5.91 Å². The van der Waals surface area contributed by atoms with Gasteiger partial charge in [0.1, 0.15) is 0 Å². The number of rotatable bonds is 7. The Morgan fingerprint density at radius 3 is 2.19 bits per heavy atom. The van der Waals surface area contributed by atoms with Crippen LogP contribution in [0.3, 0.4) is 0 Å². The maximum absolute atomic E-state index is 13.2. The molecule has 4 nitrogen and oxygen atoms in total. The lowest BCUT2D eigenvalue weighted by molar-refractivity contribution is 0.0660. The molecule has 0 aliphatic carbocycles. The Hall–Kier alpha value is -2.88. The minimum absolute atomic E-state index is 0.0110. The van der Waals surface area contributed by atoms with E-state index in [2.05, 4.69) is 48.4 Å². The molecule has 1 amide bonds. The van der Waals surface area contributed by atoms with E-state index in [0.29, 0.717) is 12.2 Å². The zero-order valence-electron chi connectivity index (χ0n) is 16.3. The van der Waals surface area contributed by atoms with Crippen molar-refractivity contribution in [3.8, 4) is 0 Å². The SMILES string of the molecule is Cc1cc(C(=O)N(Cc2ccccc2)[C@@H](C)CCc2ccccc2)nn1C. The Labute approximate surface area is 161 Å². The van der Waals surface area contributed by atoms with Gasteiger partial charge in [0.2, 0.25) is 0 Å². The number of aromatic nitrogens is 2. The fourth-order valence-electron chi connectivity index (χ4n) is 3.20. The van der Waals surface area contributed by atoms with E-state index >= 15 is 0 Å². The lowest BCUT2D eigenvalue weighted by atomic mass is 10.0. The van der Waals surface area contributed by atoms with Crippen LogP contribution in [0.5, 0.6) is 0 Å². The summed E-state index contributed by atoms with van der Waals surface area (Å²) in [5.74, 6) is -0.0110. The first-order chi connectivity index (χ1) is 13.0. The highest BCUT2D eigenvalue weighted by Crippen LogP contribution is 2.17. The van der Waals surface area contributed by atoms with Crippen molar-refractivity contribution < 1.29 is 4.79 Å². The van der Waals surface area contributed by atoms with E-state index in [-0.39, 0.29) is 11.9 Å². The van der Waals surface area contributed by atoms with Crippen LogP contribution in [0.1, 0.15) is 40.7 Å². The Morgan fingerprint density at radius 1 is 1.04 bits per heavy atom. The highest BCUT2D eigenvalue weighted by molar-refractivity contribution is 5.92. The first kappa shape index (κ1) is 18.9. The second-order valence-corrected chi connectivity index (χ2v) is 7.09. The minimum atomic E-state index is -0.0110. The van der Waals surface area contributed by atoms with Gasteiger partial charge in [-0.2, -0.15) is 5.10 Å². The fraction of sp³-hybridized carbons (Fsp3) is 0.304. The van der Waals surface area contributed by atoms with E-state index < -0.39 is 0 Å². The molecule has 2 aromatic carbocycles. The first-order valence-corrected chi connectivity index (χ1v) is 9.44. The molecule has 0 aliphatic heterocycles. The molecule has 27 heavy (non-hydrogen) atoms. The number of carbonyl (C=O) groups is 1. The molecule has 0 spiro atoms. The molecule has 0 saturated heterocycles. The normalized spacial score (nSPS) is 12.0. The molecular formula is C23H27N3O. The number of carbonyl (C=O) groups excluding carboxylic acids is 1. The van der Waals surface area contributed by atoms with Crippen molar-refractivity contribution in [2.24, 2.45) is 7.05 Å². The summed E-state index contributed by atoms with van der Waals surface area (Å²) < 4.78 is 1.75. The lowest BCUT2D eigenvalue weighted by Crippen LogP contribution is -2.38. The van der Waals surface area contributed by atoms with Crippen molar-refractivity contribution >= 4 is 5.91 Å². The largest absolute Gasteiger partial charge is 0.330 e. The Balaban J connectivity index is 1.78. The van der Waals surface area contributed by atoms with Gasteiger partial charge in [0, 0.05) is 25.3 Å². The topological polar surface area (TPSA) is 38.1 Å². The van der Waals surface area contributed by atoms with E-state index in [1.165, 1.54) is 5.56 Å². The fourth-order valence-corrected chi connectivity index (χ4v) is 3.20. The molecule has 0 radical (unpaired) electrons. The van der Waals surface area contributed by atoms with Gasteiger partial charge in [0.05, 0.1) is 0 Å². The summed E-state index contributed by atoms with van der Waals surface area (Å²) in [5.41, 5.74) is 3.92. The third-order valence-corrected chi connectivity index (χ3v) is 5.02. The quantitative estimate of drug-likeness (QED) is 0.626. The monoisotopic (exact) mass is 361 g/mol. The summed E-state index contributed by atoms with van der Waals surface area (Å²) in [4.78, 5) is 15.2. The van der Waals surface area contributed by atoms with Crippen LogP contribution in [0.25, 0.3) is 0 Å². The number of hydrogen-bond acceptors (Lipinski definition) is 2. The van der Waals surface area contributed by atoms with Crippen LogP contribution in [-0.4, -0.2) is 26.6 Å². The van der Waals surface area contributed by atoms with Crippen LogP contribution in [-0.2, 0) is 20.0 Å². The van der Waals surface area contributed by atoms with E-state index in [0.717, 1.165) is 24.1 Å². The zero-order chi connectivity index (χ0) is 19.2. The summed E-state index contributed by atoms with van der Waals surface area (Å²) in [7, 11) is 1.87. The van der Waals surface area contributed by atoms with Gasteiger partial charge in [0.15, 0.2) is 5.69 Å². The van der Waals surface area contributed by atoms with Crippen molar-refractivity contribution in [3.05, 3.63) is 89.2 Å². The number of amides is 1. The van der Waals surface area contributed by atoms with Crippen molar-refractivity contribution in [1.82, 2.24) is 14.7 Å². The molecule has 1 atom stereocenters. The van der Waals surface area contributed by atoms with Crippen LogP contribution in [0, 0.1) is 6.92 Å². The van der Waals surface area contributed by atoms with Crippen LogP contribution >= 0.6 is 0 Å². The van der Waals surface area contributed by atoms with Crippen LogP contribution < -0.4 is 0 Å². The Bertz CT molecular complexity index is 852. The predicted octanol–water partition coefficient (Wildman–Crippen LogP) is 4.39. The van der Waals surface area contributed by atoms with Gasteiger partial charge < -0.3 is 4.90 Å². The summed E-state index contributed by atoms with van der Waals surface area (Å²) in [5, 5.41) is 4.40. The molecular weight excluding hydrogens is 334 g/mol. The number of hydrogen-bond donors (Lipinski definition) is 0. The second-order valence-electron chi connectivity index (χ2n) is 7.09. The van der Waals surface area contributed by atoms with Gasteiger partial charge in [-0.25, -0.2) is 0 Å². The number of benzene rings is 2. The van der Waals surface area contributed by atoms with E-state index in [4.69, 9.17) is 0 Å². The first-order valence-electron chi connectivity index (χ1n) is 9.44. The molecule has 0 aliphatic rings. The van der Waals surface area contributed by atoms with Crippen LogP contribution in [0.15, 0.2) is 66.7 Å². The summed E-state index contributed by atoms with van der Waals surface area (Å²) in [6, 6.07) is 22.5. The average Bonchev–Trinajstić information content (AvgIpc) is 3.04. The molecule has 4 heteroatoms. The van der Waals surface area contributed by atoms with Gasteiger partial charge in [-0.05, 0) is 43.9 Å². The zero-order valence-corrected chi connectivity index (χ0v) is 16.3. The van der Waals surface area contributed by atoms with Crippen molar-refractivity contribution in [2.45, 2.75) is 39.3 Å². The third-order valence-electron chi connectivity index (χ3n) is 5.02. The summed E-state index contributed by atoms with van der Waals surface area (Å²) in [6.45, 7) is 4.68. The summed E-state index contributed by atoms with van der Waals surface area (Å²) in [6.07, 6.45) is 1.86. The van der Waals surface area contributed by atoms with Crippen molar-refractivity contribution in [3.63, 3.8) is 0 Å². The molecule has 3 aromatic rings. The van der Waals surface area contributed by atoms with Crippen molar-refractivity contribution in [1.29, 1.82) is 0 Å². The molecule has 1 aromatic heterocycles. The van der Waals surface area contributed by atoms with E-state index in [9.17, 15) is 4.79 Å². The molecule has 1 heterocycles. The maximum Gasteiger partial charge on any atom is 0.274 e. The molecule has 3 rings (SSSR count). The molecule has 0 bridgehead atoms. The van der Waals surface area contributed by atoms with E-state index in [1.54, 1.807) is 4.68 Å². The number of nitrogens with zero attached hydrogens (tertiary/aromatic N) is 3.